The third-order valence-corrected chi connectivity index (χ3v) is 4.25. The molecule has 0 bridgehead atoms. The highest BCUT2D eigenvalue weighted by molar-refractivity contribution is 6.31. The Balaban J connectivity index is 2.45. The van der Waals surface area contributed by atoms with Gasteiger partial charge in [0.2, 0.25) is 0 Å². The van der Waals surface area contributed by atoms with Gasteiger partial charge in [0.15, 0.2) is 0 Å². The predicted molar refractivity (Wildman–Crippen MR) is 62.2 cm³/mol. The van der Waals surface area contributed by atoms with Crippen LogP contribution in [0.3, 0.4) is 0 Å². The van der Waals surface area contributed by atoms with Crippen molar-refractivity contribution in [3.05, 3.63) is 34.9 Å². The quantitative estimate of drug-likeness (QED) is 0.557. The molecule has 2 aliphatic rings. The highest BCUT2D eigenvalue weighted by Gasteiger charge is 2.38. The molecule has 14 heavy (non-hydrogen) atoms. The van der Waals surface area contributed by atoms with Gasteiger partial charge in [-0.25, -0.2) is 0 Å². The molecule has 0 unspecified atom stereocenters. The van der Waals surface area contributed by atoms with E-state index in [0.717, 1.165) is 11.0 Å². The first-order chi connectivity index (χ1) is 6.54. The Kier molecular flexibility index (Phi) is 2.35. The van der Waals surface area contributed by atoms with Crippen molar-refractivity contribution in [1.82, 2.24) is 0 Å². The number of fused-ring (bicyclic) bond motifs is 1. The number of halogens is 1. The number of rotatable bonds is 0. The molecule has 76 valence electrons. The van der Waals surface area contributed by atoms with Crippen molar-refractivity contribution in [1.29, 1.82) is 0 Å². The molecule has 0 saturated carbocycles. The van der Waals surface area contributed by atoms with Crippen molar-refractivity contribution in [2.75, 3.05) is 0 Å². The Morgan fingerprint density at radius 1 is 1.43 bits per heavy atom. The van der Waals surface area contributed by atoms with Crippen molar-refractivity contribution in [2.45, 2.75) is 27.2 Å². The second kappa shape index (κ2) is 3.27. The normalized spacial score (nSPS) is 41.4. The van der Waals surface area contributed by atoms with Gasteiger partial charge in [-0.05, 0) is 36.0 Å². The maximum absolute atomic E-state index is 6.02. The second-order valence-corrected chi connectivity index (χ2v) is 5.24. The van der Waals surface area contributed by atoms with Gasteiger partial charge in [0.25, 0.3) is 0 Å². The first-order valence-electron chi connectivity index (χ1n) is 5.31. The van der Waals surface area contributed by atoms with Gasteiger partial charge >= 0.3 is 0 Å². The Morgan fingerprint density at radius 2 is 2.14 bits per heavy atom. The smallest absolute Gasteiger partial charge is 0.0406 e. The van der Waals surface area contributed by atoms with Crippen LogP contribution in [0.25, 0.3) is 0 Å². The maximum atomic E-state index is 6.02. The summed E-state index contributed by atoms with van der Waals surface area (Å²) >= 11 is 6.02. The van der Waals surface area contributed by atoms with Crippen LogP contribution in [0.1, 0.15) is 27.2 Å². The molecular weight excluding hydrogens is 192 g/mol. The minimum atomic E-state index is 0.204. The third-order valence-electron chi connectivity index (χ3n) is 4.01. The molecule has 0 heterocycles. The van der Waals surface area contributed by atoms with Gasteiger partial charge in [0.1, 0.15) is 0 Å². The molecule has 0 aliphatic heterocycles. The Morgan fingerprint density at radius 3 is 2.86 bits per heavy atom. The van der Waals surface area contributed by atoms with Gasteiger partial charge in [-0.2, -0.15) is 0 Å². The van der Waals surface area contributed by atoms with E-state index in [1.165, 1.54) is 12.0 Å². The van der Waals surface area contributed by atoms with Crippen LogP contribution in [-0.2, 0) is 0 Å². The Hall–Kier alpha value is -0.490. The molecule has 0 radical (unpaired) electrons. The minimum absolute atomic E-state index is 0.204. The van der Waals surface area contributed by atoms with Crippen molar-refractivity contribution >= 4 is 11.6 Å². The Labute approximate surface area is 91.3 Å². The maximum Gasteiger partial charge on any atom is 0.0406 e. The number of hydrogen-bond acceptors (Lipinski definition) is 0. The lowest BCUT2D eigenvalue weighted by molar-refractivity contribution is 0.225. The fourth-order valence-corrected chi connectivity index (χ4v) is 2.68. The van der Waals surface area contributed by atoms with Crippen LogP contribution in [0.15, 0.2) is 34.9 Å². The summed E-state index contributed by atoms with van der Waals surface area (Å²) in [6.07, 6.45) is 9.94. The van der Waals surface area contributed by atoms with E-state index in [0.29, 0.717) is 5.92 Å². The van der Waals surface area contributed by atoms with E-state index in [9.17, 15) is 0 Å². The molecule has 0 nitrogen and oxygen atoms in total. The highest BCUT2D eigenvalue weighted by atomic mass is 35.5. The van der Waals surface area contributed by atoms with Crippen LogP contribution < -0.4 is 0 Å². The fourth-order valence-electron chi connectivity index (χ4n) is 2.50. The zero-order chi connectivity index (χ0) is 10.3. The third kappa shape index (κ3) is 1.37. The summed E-state index contributed by atoms with van der Waals surface area (Å²) in [5.74, 6) is 1.46. The van der Waals surface area contributed by atoms with Crippen LogP contribution in [0.2, 0.25) is 0 Å². The molecule has 0 amide bonds. The summed E-state index contributed by atoms with van der Waals surface area (Å²) in [6, 6.07) is 0. The van der Waals surface area contributed by atoms with Crippen LogP contribution in [0.5, 0.6) is 0 Å². The standard InChI is InChI=1S/C13H17Cl/c1-9-4-5-11-8-12(14)6-7-13(11,3)10(9)2/h5-10H,4H2,1-3H3/t9-,10-,13-/m1/s1. The summed E-state index contributed by atoms with van der Waals surface area (Å²) in [6.45, 7) is 6.99. The van der Waals surface area contributed by atoms with Crippen LogP contribution >= 0.6 is 11.6 Å². The van der Waals surface area contributed by atoms with E-state index < -0.39 is 0 Å². The van der Waals surface area contributed by atoms with Gasteiger partial charge in [-0.3, -0.25) is 0 Å². The van der Waals surface area contributed by atoms with E-state index in [-0.39, 0.29) is 5.41 Å². The highest BCUT2D eigenvalue weighted by Crippen LogP contribution is 2.48. The lowest BCUT2D eigenvalue weighted by Crippen LogP contribution is -2.33. The minimum Gasteiger partial charge on any atom is -0.0843 e. The fraction of sp³-hybridized carbons (Fsp3) is 0.538. The monoisotopic (exact) mass is 208 g/mol. The molecular formula is C13H17Cl. The molecule has 0 aromatic carbocycles. The average molecular weight is 209 g/mol. The van der Waals surface area contributed by atoms with Crippen molar-refractivity contribution in [3.63, 3.8) is 0 Å². The number of allylic oxidation sites excluding steroid dienone is 6. The van der Waals surface area contributed by atoms with E-state index in [1.807, 2.05) is 6.08 Å². The van der Waals surface area contributed by atoms with Gasteiger partial charge < -0.3 is 0 Å². The van der Waals surface area contributed by atoms with Gasteiger partial charge in [-0.15, -0.1) is 0 Å². The SMILES string of the molecule is C[C@@H]1CC=C2C=C(Cl)C=C[C@]2(C)[C@@H]1C. The van der Waals surface area contributed by atoms with Crippen LogP contribution in [0.4, 0.5) is 0 Å². The zero-order valence-corrected chi connectivity index (χ0v) is 9.81. The molecule has 0 aromatic heterocycles. The lowest BCUT2D eigenvalue weighted by Gasteiger charge is -2.43. The summed E-state index contributed by atoms with van der Waals surface area (Å²) in [7, 11) is 0. The average Bonchev–Trinajstić information content (AvgIpc) is 2.16. The molecule has 0 spiro atoms. The van der Waals surface area contributed by atoms with E-state index in [2.05, 4.69) is 39.0 Å². The topological polar surface area (TPSA) is 0 Å². The molecule has 2 rings (SSSR count). The summed E-state index contributed by atoms with van der Waals surface area (Å²) in [4.78, 5) is 0. The summed E-state index contributed by atoms with van der Waals surface area (Å²) < 4.78 is 0. The van der Waals surface area contributed by atoms with Crippen molar-refractivity contribution in [3.8, 4) is 0 Å². The first-order valence-corrected chi connectivity index (χ1v) is 5.69. The van der Waals surface area contributed by atoms with Gasteiger partial charge in [-0.1, -0.05) is 44.5 Å². The second-order valence-electron chi connectivity index (χ2n) is 4.81. The molecule has 0 fully saturated rings. The van der Waals surface area contributed by atoms with Gasteiger partial charge in [0, 0.05) is 10.4 Å². The summed E-state index contributed by atoms with van der Waals surface area (Å²) in [5, 5.41) is 0.857. The largest absolute Gasteiger partial charge is 0.0843 e. The van der Waals surface area contributed by atoms with Gasteiger partial charge in [0.05, 0.1) is 0 Å². The lowest BCUT2D eigenvalue weighted by atomic mass is 9.62. The molecule has 0 aromatic rings. The molecule has 2 aliphatic carbocycles. The molecule has 0 N–H and O–H groups in total. The zero-order valence-electron chi connectivity index (χ0n) is 9.05. The molecule has 1 heteroatoms. The number of hydrogen-bond donors (Lipinski definition) is 0. The predicted octanol–water partition coefficient (Wildman–Crippen LogP) is 4.29. The molecule has 0 saturated heterocycles. The van der Waals surface area contributed by atoms with Crippen LogP contribution in [0, 0.1) is 17.3 Å². The first kappa shape index (κ1) is 10.0. The summed E-state index contributed by atoms with van der Waals surface area (Å²) in [5.41, 5.74) is 1.60. The van der Waals surface area contributed by atoms with Crippen molar-refractivity contribution in [2.24, 2.45) is 17.3 Å². The van der Waals surface area contributed by atoms with E-state index >= 15 is 0 Å². The van der Waals surface area contributed by atoms with Crippen molar-refractivity contribution < 1.29 is 0 Å². The van der Waals surface area contributed by atoms with E-state index in [4.69, 9.17) is 11.6 Å². The molecule has 3 atom stereocenters. The Bertz CT molecular complexity index is 335. The van der Waals surface area contributed by atoms with E-state index in [1.54, 1.807) is 0 Å². The van der Waals surface area contributed by atoms with Crippen LogP contribution in [-0.4, -0.2) is 0 Å².